The lowest BCUT2D eigenvalue weighted by atomic mass is 10.0. The Balaban J connectivity index is 1.11. The van der Waals surface area contributed by atoms with Gasteiger partial charge in [0.25, 0.3) is 0 Å². The normalized spacial score (nSPS) is 12.1. The molecule has 0 amide bonds. The van der Waals surface area contributed by atoms with E-state index in [1.165, 1.54) is 92.8 Å². The smallest absolute Gasteiger partial charge is 0.0641 e. The monoisotopic (exact) mass is 814 g/mol. The number of rotatable bonds is 5. The summed E-state index contributed by atoms with van der Waals surface area (Å²) in [7, 11) is 0. The van der Waals surface area contributed by atoms with Gasteiger partial charge >= 0.3 is 0 Å². The van der Waals surface area contributed by atoms with Crippen LogP contribution < -0.4 is 0 Å². The molecular formula is C60H38N4. The van der Waals surface area contributed by atoms with E-state index in [1.54, 1.807) is 0 Å². The Labute approximate surface area is 368 Å². The Kier molecular flexibility index (Phi) is 7.36. The van der Waals surface area contributed by atoms with E-state index in [2.05, 4.69) is 249 Å². The number of benzene rings is 10. The van der Waals surface area contributed by atoms with Crippen LogP contribution in [0.25, 0.3) is 121 Å². The first-order valence-corrected chi connectivity index (χ1v) is 22.0. The fraction of sp³-hybridized carbons (Fsp3) is 0. The minimum absolute atomic E-state index is 1.11. The highest BCUT2D eigenvalue weighted by molar-refractivity contribution is 6.27. The molecule has 4 aromatic heterocycles. The minimum atomic E-state index is 1.11. The first-order chi connectivity index (χ1) is 31.8. The second-order valence-corrected chi connectivity index (χ2v) is 16.9. The molecule has 298 valence electrons. The van der Waals surface area contributed by atoms with Crippen molar-refractivity contribution < 1.29 is 0 Å². The molecule has 4 nitrogen and oxygen atoms in total. The summed E-state index contributed by atoms with van der Waals surface area (Å²) >= 11 is 0. The Morgan fingerprint density at radius 3 is 1.00 bits per heavy atom. The van der Waals surface area contributed by atoms with E-state index in [0.29, 0.717) is 0 Å². The standard InChI is InChI=1S/C60H38N4/c1-4-18-39(19-5-1)40-36-43(61-53-30-16-12-26-49(53)57-55(61)34-32-47-45-24-10-14-28-51(45)63(59(47)57)41-20-6-2-7-21-41)38-44(37-40)62-54-31-17-13-27-50(54)58-56(62)35-33-48-46-25-11-15-29-52(46)64(60(48)58)42-22-8-3-9-23-42/h1-38H. The summed E-state index contributed by atoms with van der Waals surface area (Å²) in [5.74, 6) is 0. The largest absolute Gasteiger partial charge is 0.309 e. The van der Waals surface area contributed by atoms with Crippen LogP contribution in [0.5, 0.6) is 0 Å². The molecule has 0 saturated carbocycles. The molecule has 14 aromatic rings. The third-order valence-corrected chi connectivity index (χ3v) is 13.5. The molecule has 0 bridgehead atoms. The lowest BCUT2D eigenvalue weighted by molar-refractivity contribution is 1.13. The summed E-state index contributed by atoms with van der Waals surface area (Å²) in [6, 6.07) is 84.5. The molecule has 4 heterocycles. The summed E-state index contributed by atoms with van der Waals surface area (Å²) in [4.78, 5) is 0. The summed E-state index contributed by atoms with van der Waals surface area (Å²) in [6.45, 7) is 0. The van der Waals surface area contributed by atoms with Crippen LogP contribution in [0.4, 0.5) is 0 Å². The second kappa shape index (κ2) is 13.4. The number of aromatic nitrogens is 4. The van der Waals surface area contributed by atoms with Gasteiger partial charge < -0.3 is 18.3 Å². The fourth-order valence-corrected chi connectivity index (χ4v) is 10.9. The molecule has 64 heavy (non-hydrogen) atoms. The molecule has 14 rings (SSSR count). The van der Waals surface area contributed by atoms with Crippen LogP contribution in [0.1, 0.15) is 0 Å². The van der Waals surface area contributed by atoms with Gasteiger partial charge in [0.1, 0.15) is 0 Å². The van der Waals surface area contributed by atoms with Crippen molar-refractivity contribution in [1.29, 1.82) is 0 Å². The second-order valence-electron chi connectivity index (χ2n) is 16.9. The maximum atomic E-state index is 2.49. The average Bonchev–Trinajstić information content (AvgIpc) is 4.09. The molecule has 10 aromatic carbocycles. The zero-order valence-corrected chi connectivity index (χ0v) is 34.7. The molecule has 0 N–H and O–H groups in total. The van der Waals surface area contributed by atoms with Crippen molar-refractivity contribution in [3.8, 4) is 33.9 Å². The van der Waals surface area contributed by atoms with Crippen LogP contribution in [-0.4, -0.2) is 18.3 Å². The van der Waals surface area contributed by atoms with E-state index in [0.717, 1.165) is 28.3 Å². The molecule has 4 heteroatoms. The molecular weight excluding hydrogens is 777 g/mol. The van der Waals surface area contributed by atoms with E-state index in [1.807, 2.05) is 0 Å². The molecule has 0 saturated heterocycles. The van der Waals surface area contributed by atoms with E-state index in [4.69, 9.17) is 0 Å². The minimum Gasteiger partial charge on any atom is -0.309 e. The molecule has 0 aliphatic carbocycles. The van der Waals surface area contributed by atoms with Crippen molar-refractivity contribution in [2.45, 2.75) is 0 Å². The molecule has 0 fully saturated rings. The van der Waals surface area contributed by atoms with Crippen LogP contribution in [0.2, 0.25) is 0 Å². The maximum Gasteiger partial charge on any atom is 0.0641 e. The molecule has 0 aliphatic rings. The van der Waals surface area contributed by atoms with Crippen molar-refractivity contribution in [1.82, 2.24) is 18.3 Å². The van der Waals surface area contributed by atoms with Crippen LogP contribution in [0, 0.1) is 0 Å². The Hall–Kier alpha value is -8.60. The van der Waals surface area contributed by atoms with E-state index in [-0.39, 0.29) is 0 Å². The quantitative estimate of drug-likeness (QED) is 0.165. The van der Waals surface area contributed by atoms with E-state index < -0.39 is 0 Å². The zero-order valence-electron chi connectivity index (χ0n) is 34.7. The Morgan fingerprint density at radius 2 is 0.562 bits per heavy atom. The van der Waals surface area contributed by atoms with Gasteiger partial charge in [-0.05, 0) is 90.0 Å². The van der Waals surface area contributed by atoms with Gasteiger partial charge in [0.15, 0.2) is 0 Å². The van der Waals surface area contributed by atoms with E-state index in [9.17, 15) is 0 Å². The highest BCUT2D eigenvalue weighted by Gasteiger charge is 2.24. The summed E-state index contributed by atoms with van der Waals surface area (Å²) in [5, 5.41) is 9.93. The van der Waals surface area contributed by atoms with Gasteiger partial charge in [-0.25, -0.2) is 0 Å². The van der Waals surface area contributed by atoms with Crippen LogP contribution in [0.15, 0.2) is 231 Å². The van der Waals surface area contributed by atoms with Crippen molar-refractivity contribution in [2.24, 2.45) is 0 Å². The first kappa shape index (κ1) is 35.0. The summed E-state index contributed by atoms with van der Waals surface area (Å²) < 4.78 is 9.91. The number of para-hydroxylation sites is 6. The van der Waals surface area contributed by atoms with Crippen molar-refractivity contribution >= 4 is 87.2 Å². The zero-order chi connectivity index (χ0) is 41.9. The lowest BCUT2D eigenvalue weighted by Gasteiger charge is -2.16. The predicted molar refractivity (Wildman–Crippen MR) is 269 cm³/mol. The van der Waals surface area contributed by atoms with Crippen LogP contribution >= 0.6 is 0 Å². The third-order valence-electron chi connectivity index (χ3n) is 13.5. The van der Waals surface area contributed by atoms with Gasteiger partial charge in [0.05, 0.1) is 44.1 Å². The number of hydrogen-bond donors (Lipinski definition) is 0. The summed E-state index contributed by atoms with van der Waals surface area (Å²) in [6.07, 6.45) is 0. The first-order valence-electron chi connectivity index (χ1n) is 22.0. The number of nitrogens with zero attached hydrogens (tertiary/aromatic N) is 4. The molecule has 0 radical (unpaired) electrons. The fourth-order valence-electron chi connectivity index (χ4n) is 10.9. The molecule has 0 aliphatic heterocycles. The van der Waals surface area contributed by atoms with E-state index >= 15 is 0 Å². The third kappa shape index (κ3) is 4.88. The topological polar surface area (TPSA) is 19.7 Å². The average molecular weight is 815 g/mol. The lowest BCUT2D eigenvalue weighted by Crippen LogP contribution is -2.00. The number of hydrogen-bond acceptors (Lipinski definition) is 0. The maximum absolute atomic E-state index is 2.49. The SMILES string of the molecule is c1ccc(-c2cc(-n3c4ccccc4c4c3ccc3c5ccccc5n(-c5ccccc5)c34)cc(-n3c4ccccc4c4c3ccc3c5ccccc5n(-c5ccccc5)c34)c2)cc1. The van der Waals surface area contributed by atoms with Gasteiger partial charge in [0, 0.05) is 65.8 Å². The predicted octanol–water partition coefficient (Wildman–Crippen LogP) is 15.7. The Bertz CT molecular complexity index is 3920. The van der Waals surface area contributed by atoms with Gasteiger partial charge in [-0.1, -0.05) is 152 Å². The highest BCUT2D eigenvalue weighted by atomic mass is 15.0. The molecule has 0 spiro atoms. The van der Waals surface area contributed by atoms with Crippen LogP contribution in [-0.2, 0) is 0 Å². The van der Waals surface area contributed by atoms with Crippen LogP contribution in [0.3, 0.4) is 0 Å². The van der Waals surface area contributed by atoms with Gasteiger partial charge in [-0.2, -0.15) is 0 Å². The van der Waals surface area contributed by atoms with Crippen molar-refractivity contribution in [3.05, 3.63) is 231 Å². The molecule has 0 atom stereocenters. The van der Waals surface area contributed by atoms with Gasteiger partial charge in [-0.3, -0.25) is 0 Å². The number of fused-ring (bicyclic) bond motifs is 14. The summed E-state index contributed by atoms with van der Waals surface area (Å²) in [5.41, 5.74) is 16.4. The van der Waals surface area contributed by atoms with Gasteiger partial charge in [0.2, 0.25) is 0 Å². The highest BCUT2D eigenvalue weighted by Crippen LogP contribution is 2.45. The van der Waals surface area contributed by atoms with Crippen molar-refractivity contribution in [2.75, 3.05) is 0 Å². The molecule has 0 unspecified atom stereocenters. The van der Waals surface area contributed by atoms with Gasteiger partial charge in [-0.15, -0.1) is 0 Å². The van der Waals surface area contributed by atoms with Crippen molar-refractivity contribution in [3.63, 3.8) is 0 Å². The Morgan fingerprint density at radius 1 is 0.203 bits per heavy atom.